The molecule has 1 atom stereocenters. The molecule has 14 heavy (non-hydrogen) atoms. The first-order valence-electron chi connectivity index (χ1n) is 4.64. The highest BCUT2D eigenvalue weighted by Crippen LogP contribution is 2.17. The number of ether oxygens (including phenoxy) is 1. The quantitative estimate of drug-likeness (QED) is 0.760. The van der Waals surface area contributed by atoms with E-state index in [0.717, 1.165) is 23.7 Å². The first-order valence-corrected chi connectivity index (χ1v) is 6.03. The van der Waals surface area contributed by atoms with Crippen LogP contribution >= 0.6 is 11.8 Å². The van der Waals surface area contributed by atoms with Gasteiger partial charge in [-0.25, -0.2) is 0 Å². The van der Waals surface area contributed by atoms with E-state index in [2.05, 4.69) is 6.26 Å². The van der Waals surface area contributed by atoms with Crippen molar-refractivity contribution in [3.63, 3.8) is 0 Å². The maximum atomic E-state index is 9.28. The van der Waals surface area contributed by atoms with Gasteiger partial charge in [0.1, 0.15) is 5.75 Å². The van der Waals surface area contributed by atoms with Gasteiger partial charge >= 0.3 is 0 Å². The number of hydrogen-bond acceptors (Lipinski definition) is 3. The number of rotatable bonds is 5. The summed E-state index contributed by atoms with van der Waals surface area (Å²) in [5, 5.41) is 9.28. The zero-order valence-corrected chi connectivity index (χ0v) is 9.38. The Balaban J connectivity index is 2.47. The highest BCUT2D eigenvalue weighted by atomic mass is 32.2. The van der Waals surface area contributed by atoms with Gasteiger partial charge in [0.15, 0.2) is 0 Å². The van der Waals surface area contributed by atoms with E-state index in [1.54, 1.807) is 18.7 Å². The maximum absolute atomic E-state index is 9.28. The summed E-state index contributed by atoms with van der Waals surface area (Å²) in [6, 6.07) is 7.56. The van der Waals surface area contributed by atoms with Crippen molar-refractivity contribution in [1.82, 2.24) is 0 Å². The van der Waals surface area contributed by atoms with E-state index < -0.39 is 6.10 Å². The molecule has 0 fully saturated rings. The third kappa shape index (κ3) is 3.60. The van der Waals surface area contributed by atoms with Crippen LogP contribution in [0.5, 0.6) is 5.75 Å². The molecule has 0 heterocycles. The molecule has 1 rings (SSSR count). The van der Waals surface area contributed by atoms with Gasteiger partial charge in [-0.05, 0) is 30.9 Å². The minimum atomic E-state index is -0.407. The number of benzene rings is 1. The Kier molecular flexibility index (Phi) is 4.84. The minimum absolute atomic E-state index is 0.407. The summed E-state index contributed by atoms with van der Waals surface area (Å²) >= 11 is 1.76. The molecule has 0 bridgehead atoms. The fourth-order valence-electron chi connectivity index (χ4n) is 1.09. The topological polar surface area (TPSA) is 29.5 Å². The fourth-order valence-corrected chi connectivity index (χ4v) is 1.34. The van der Waals surface area contributed by atoms with E-state index in [0.29, 0.717) is 0 Å². The summed E-state index contributed by atoms with van der Waals surface area (Å²) in [5.41, 5.74) is 0.919. The third-order valence-electron chi connectivity index (χ3n) is 1.92. The predicted molar refractivity (Wildman–Crippen MR) is 61.0 cm³/mol. The monoisotopic (exact) mass is 212 g/mol. The Hall–Kier alpha value is -0.670. The normalized spacial score (nSPS) is 12.5. The van der Waals surface area contributed by atoms with Crippen LogP contribution in [-0.2, 0) is 0 Å². The Bertz CT molecular complexity index is 256. The number of hydrogen-bond donors (Lipinski definition) is 1. The van der Waals surface area contributed by atoms with Gasteiger partial charge in [-0.3, -0.25) is 0 Å². The molecule has 0 saturated heterocycles. The van der Waals surface area contributed by atoms with Crippen molar-refractivity contribution in [3.8, 4) is 5.75 Å². The Morgan fingerprint density at radius 1 is 1.36 bits per heavy atom. The van der Waals surface area contributed by atoms with Crippen LogP contribution in [0.1, 0.15) is 18.6 Å². The van der Waals surface area contributed by atoms with Crippen LogP contribution in [0.25, 0.3) is 0 Å². The van der Waals surface area contributed by atoms with E-state index >= 15 is 0 Å². The molecule has 0 amide bonds. The molecule has 0 saturated carbocycles. The number of thioether (sulfide) groups is 1. The zero-order valence-electron chi connectivity index (χ0n) is 8.56. The summed E-state index contributed by atoms with van der Waals surface area (Å²) < 4.78 is 5.48. The molecule has 0 unspecified atom stereocenters. The molecule has 1 aromatic carbocycles. The van der Waals surface area contributed by atoms with Crippen molar-refractivity contribution in [3.05, 3.63) is 29.8 Å². The SMILES string of the molecule is CSCCOc1ccc([C@H](C)O)cc1. The van der Waals surface area contributed by atoms with Crippen molar-refractivity contribution in [2.45, 2.75) is 13.0 Å². The molecule has 0 aliphatic carbocycles. The Morgan fingerprint density at radius 3 is 2.50 bits per heavy atom. The number of aliphatic hydroxyl groups excluding tert-OH is 1. The van der Waals surface area contributed by atoms with Gasteiger partial charge in [-0.15, -0.1) is 0 Å². The van der Waals surface area contributed by atoms with Gasteiger partial charge in [0, 0.05) is 5.75 Å². The van der Waals surface area contributed by atoms with E-state index in [1.165, 1.54) is 0 Å². The standard InChI is InChI=1S/C11H16O2S/c1-9(12)10-3-5-11(6-4-10)13-7-8-14-2/h3-6,9,12H,7-8H2,1-2H3/t9-/m0/s1. The fraction of sp³-hybridized carbons (Fsp3) is 0.455. The largest absolute Gasteiger partial charge is 0.493 e. The van der Waals surface area contributed by atoms with Crippen LogP contribution in [-0.4, -0.2) is 23.7 Å². The molecule has 3 heteroatoms. The van der Waals surface area contributed by atoms with Gasteiger partial charge in [0.25, 0.3) is 0 Å². The first-order chi connectivity index (χ1) is 6.74. The third-order valence-corrected chi connectivity index (χ3v) is 2.49. The molecule has 0 aliphatic rings. The summed E-state index contributed by atoms with van der Waals surface area (Å²) in [5.74, 6) is 1.86. The zero-order chi connectivity index (χ0) is 10.4. The van der Waals surface area contributed by atoms with Crippen molar-refractivity contribution < 1.29 is 9.84 Å². The van der Waals surface area contributed by atoms with E-state index in [4.69, 9.17) is 4.74 Å². The average Bonchev–Trinajstić information content (AvgIpc) is 2.19. The van der Waals surface area contributed by atoms with Gasteiger partial charge < -0.3 is 9.84 Å². The van der Waals surface area contributed by atoms with Crippen LogP contribution in [0.4, 0.5) is 0 Å². The molecule has 0 radical (unpaired) electrons. The van der Waals surface area contributed by atoms with Gasteiger partial charge in [-0.2, -0.15) is 11.8 Å². The van der Waals surface area contributed by atoms with Gasteiger partial charge in [-0.1, -0.05) is 12.1 Å². The molecule has 1 aromatic rings. The average molecular weight is 212 g/mol. The van der Waals surface area contributed by atoms with E-state index in [9.17, 15) is 5.11 Å². The molecule has 2 nitrogen and oxygen atoms in total. The first kappa shape index (κ1) is 11.4. The second kappa shape index (κ2) is 5.94. The summed E-state index contributed by atoms with van der Waals surface area (Å²) in [7, 11) is 0. The molecule has 0 aliphatic heterocycles. The maximum Gasteiger partial charge on any atom is 0.119 e. The lowest BCUT2D eigenvalue weighted by Crippen LogP contribution is -1.99. The van der Waals surface area contributed by atoms with Crippen molar-refractivity contribution in [2.75, 3.05) is 18.6 Å². The van der Waals surface area contributed by atoms with E-state index in [-0.39, 0.29) is 0 Å². The van der Waals surface area contributed by atoms with Crippen LogP contribution in [0, 0.1) is 0 Å². The molecular formula is C11H16O2S. The second-order valence-electron chi connectivity index (χ2n) is 3.09. The van der Waals surface area contributed by atoms with Crippen LogP contribution < -0.4 is 4.74 Å². The summed E-state index contributed by atoms with van der Waals surface area (Å²) in [4.78, 5) is 0. The summed E-state index contributed by atoms with van der Waals surface area (Å²) in [6.45, 7) is 2.48. The van der Waals surface area contributed by atoms with Crippen molar-refractivity contribution >= 4 is 11.8 Å². The Labute approximate surface area is 89.3 Å². The highest BCUT2D eigenvalue weighted by molar-refractivity contribution is 7.98. The summed E-state index contributed by atoms with van der Waals surface area (Å²) in [6.07, 6.45) is 1.65. The van der Waals surface area contributed by atoms with Gasteiger partial charge in [0.2, 0.25) is 0 Å². The van der Waals surface area contributed by atoms with E-state index in [1.807, 2.05) is 24.3 Å². The lowest BCUT2D eigenvalue weighted by molar-refractivity contribution is 0.199. The second-order valence-corrected chi connectivity index (χ2v) is 4.07. The molecule has 0 aromatic heterocycles. The molecule has 0 spiro atoms. The lowest BCUT2D eigenvalue weighted by atomic mass is 10.1. The highest BCUT2D eigenvalue weighted by Gasteiger charge is 2.00. The minimum Gasteiger partial charge on any atom is -0.493 e. The van der Waals surface area contributed by atoms with Crippen LogP contribution in [0.3, 0.4) is 0 Å². The van der Waals surface area contributed by atoms with Crippen molar-refractivity contribution in [1.29, 1.82) is 0 Å². The predicted octanol–water partition coefficient (Wildman–Crippen LogP) is 2.48. The smallest absolute Gasteiger partial charge is 0.119 e. The Morgan fingerprint density at radius 2 is 2.00 bits per heavy atom. The van der Waals surface area contributed by atoms with Crippen molar-refractivity contribution in [2.24, 2.45) is 0 Å². The molecule has 1 N–H and O–H groups in total. The van der Waals surface area contributed by atoms with Crippen LogP contribution in [0.2, 0.25) is 0 Å². The molecular weight excluding hydrogens is 196 g/mol. The van der Waals surface area contributed by atoms with Crippen LogP contribution in [0.15, 0.2) is 24.3 Å². The number of aliphatic hydroxyl groups is 1. The lowest BCUT2D eigenvalue weighted by Gasteiger charge is -2.07. The molecule has 78 valence electrons. The van der Waals surface area contributed by atoms with Gasteiger partial charge in [0.05, 0.1) is 12.7 Å².